The number of hydrogen-bond acceptors (Lipinski definition) is 2. The maximum absolute atomic E-state index is 3.64. The number of thiophene rings is 1. The molecule has 0 bridgehead atoms. The quantitative estimate of drug-likeness (QED) is 0.880. The fraction of sp³-hybridized carbons (Fsp3) is 0.636. The van der Waals surface area contributed by atoms with Gasteiger partial charge in [0.1, 0.15) is 0 Å². The molecular formula is C11H16BrNS. The Morgan fingerprint density at radius 3 is 2.79 bits per heavy atom. The van der Waals surface area contributed by atoms with E-state index in [1.165, 1.54) is 41.5 Å². The lowest BCUT2D eigenvalue weighted by Gasteiger charge is -2.22. The topological polar surface area (TPSA) is 12.0 Å². The van der Waals surface area contributed by atoms with Gasteiger partial charge in [-0.05, 0) is 45.8 Å². The molecular weight excluding hydrogens is 258 g/mol. The van der Waals surface area contributed by atoms with Gasteiger partial charge in [-0.3, -0.25) is 0 Å². The van der Waals surface area contributed by atoms with Crippen molar-refractivity contribution < 1.29 is 0 Å². The third-order valence-electron chi connectivity index (χ3n) is 2.82. The average molecular weight is 274 g/mol. The summed E-state index contributed by atoms with van der Waals surface area (Å²) in [5, 5.41) is 5.86. The third kappa shape index (κ3) is 3.07. The first-order chi connectivity index (χ1) is 6.84. The van der Waals surface area contributed by atoms with Crippen LogP contribution in [0.4, 0.5) is 0 Å². The van der Waals surface area contributed by atoms with Gasteiger partial charge in [0, 0.05) is 12.6 Å². The fourth-order valence-corrected chi connectivity index (χ4v) is 3.22. The van der Waals surface area contributed by atoms with Crippen LogP contribution in [-0.2, 0) is 6.54 Å². The molecule has 1 aromatic heterocycles. The SMILES string of the molecule is Brc1cc(CNC2CCCCC2)cs1. The van der Waals surface area contributed by atoms with E-state index in [2.05, 4.69) is 32.7 Å². The van der Waals surface area contributed by atoms with Crippen LogP contribution in [0.5, 0.6) is 0 Å². The van der Waals surface area contributed by atoms with Gasteiger partial charge in [-0.2, -0.15) is 0 Å². The Kier molecular flexibility index (Phi) is 4.02. The number of rotatable bonds is 3. The van der Waals surface area contributed by atoms with Gasteiger partial charge in [0.25, 0.3) is 0 Å². The molecule has 14 heavy (non-hydrogen) atoms. The zero-order chi connectivity index (χ0) is 9.80. The average Bonchev–Trinajstić information content (AvgIpc) is 2.63. The van der Waals surface area contributed by atoms with Crippen LogP contribution < -0.4 is 5.32 Å². The highest BCUT2D eigenvalue weighted by atomic mass is 79.9. The van der Waals surface area contributed by atoms with Crippen molar-refractivity contribution in [1.29, 1.82) is 0 Å². The van der Waals surface area contributed by atoms with Crippen LogP contribution >= 0.6 is 27.3 Å². The second kappa shape index (κ2) is 5.29. The summed E-state index contributed by atoms with van der Waals surface area (Å²) < 4.78 is 1.23. The molecule has 0 amide bonds. The summed E-state index contributed by atoms with van der Waals surface area (Å²) in [5.74, 6) is 0. The molecule has 0 aromatic carbocycles. The summed E-state index contributed by atoms with van der Waals surface area (Å²) in [5.41, 5.74) is 1.41. The summed E-state index contributed by atoms with van der Waals surface area (Å²) in [6, 6.07) is 2.97. The number of hydrogen-bond donors (Lipinski definition) is 1. The molecule has 1 heterocycles. The molecule has 1 aliphatic rings. The van der Waals surface area contributed by atoms with Gasteiger partial charge in [-0.1, -0.05) is 19.3 Å². The largest absolute Gasteiger partial charge is 0.310 e. The van der Waals surface area contributed by atoms with Crippen molar-refractivity contribution >= 4 is 27.3 Å². The summed E-state index contributed by atoms with van der Waals surface area (Å²) in [7, 11) is 0. The molecule has 1 fully saturated rings. The Labute approximate surface area is 98.0 Å². The Morgan fingerprint density at radius 2 is 2.14 bits per heavy atom. The van der Waals surface area contributed by atoms with E-state index < -0.39 is 0 Å². The predicted molar refractivity (Wildman–Crippen MR) is 65.7 cm³/mol. The van der Waals surface area contributed by atoms with E-state index in [1.54, 1.807) is 11.3 Å². The molecule has 78 valence electrons. The Balaban J connectivity index is 1.76. The fourth-order valence-electron chi connectivity index (χ4n) is 2.01. The van der Waals surface area contributed by atoms with Gasteiger partial charge in [0.15, 0.2) is 0 Å². The van der Waals surface area contributed by atoms with Crippen molar-refractivity contribution in [3.8, 4) is 0 Å². The van der Waals surface area contributed by atoms with Crippen LogP contribution in [-0.4, -0.2) is 6.04 Å². The van der Waals surface area contributed by atoms with Crippen molar-refractivity contribution in [3.63, 3.8) is 0 Å². The number of halogens is 1. The minimum absolute atomic E-state index is 0.766. The summed E-state index contributed by atoms with van der Waals surface area (Å²) in [6.45, 7) is 1.03. The van der Waals surface area contributed by atoms with E-state index >= 15 is 0 Å². The zero-order valence-electron chi connectivity index (χ0n) is 8.26. The first-order valence-electron chi connectivity index (χ1n) is 5.31. The minimum Gasteiger partial charge on any atom is -0.310 e. The van der Waals surface area contributed by atoms with E-state index in [9.17, 15) is 0 Å². The molecule has 1 N–H and O–H groups in total. The molecule has 1 aromatic rings. The van der Waals surface area contributed by atoms with Crippen LogP contribution in [0.3, 0.4) is 0 Å². The lowest BCUT2D eigenvalue weighted by atomic mass is 9.95. The summed E-state index contributed by atoms with van der Waals surface area (Å²) in [4.78, 5) is 0. The standard InChI is InChI=1S/C11H16BrNS/c12-11-6-9(8-14-11)7-13-10-4-2-1-3-5-10/h6,8,10,13H,1-5,7H2. The van der Waals surface area contributed by atoms with E-state index in [4.69, 9.17) is 0 Å². The maximum atomic E-state index is 3.64. The monoisotopic (exact) mass is 273 g/mol. The highest BCUT2D eigenvalue weighted by molar-refractivity contribution is 9.11. The van der Waals surface area contributed by atoms with Gasteiger partial charge in [0.05, 0.1) is 3.79 Å². The van der Waals surface area contributed by atoms with E-state index in [1.807, 2.05) is 0 Å². The second-order valence-corrected chi connectivity index (χ2v) is 6.27. The van der Waals surface area contributed by atoms with Gasteiger partial charge < -0.3 is 5.32 Å². The third-order valence-corrected chi connectivity index (χ3v) is 4.38. The maximum Gasteiger partial charge on any atom is 0.0701 e. The zero-order valence-corrected chi connectivity index (χ0v) is 10.7. The summed E-state index contributed by atoms with van der Waals surface area (Å²) >= 11 is 5.26. The van der Waals surface area contributed by atoms with Crippen molar-refractivity contribution in [2.24, 2.45) is 0 Å². The first kappa shape index (κ1) is 10.7. The van der Waals surface area contributed by atoms with E-state index in [0.29, 0.717) is 0 Å². The van der Waals surface area contributed by atoms with Crippen molar-refractivity contribution in [1.82, 2.24) is 5.32 Å². The molecule has 2 rings (SSSR count). The second-order valence-electron chi connectivity index (χ2n) is 3.97. The normalized spacial score (nSPS) is 18.6. The van der Waals surface area contributed by atoms with Crippen LogP contribution in [0.2, 0.25) is 0 Å². The molecule has 1 nitrogen and oxygen atoms in total. The Hall–Kier alpha value is 0.140. The van der Waals surface area contributed by atoms with Crippen molar-refractivity contribution in [3.05, 3.63) is 20.8 Å². The van der Waals surface area contributed by atoms with Crippen LogP contribution in [0, 0.1) is 0 Å². The highest BCUT2D eigenvalue weighted by Crippen LogP contribution is 2.22. The van der Waals surface area contributed by atoms with Gasteiger partial charge in [-0.25, -0.2) is 0 Å². The van der Waals surface area contributed by atoms with Crippen LogP contribution in [0.15, 0.2) is 15.2 Å². The Bertz CT molecular complexity index is 279. The van der Waals surface area contributed by atoms with Crippen LogP contribution in [0.1, 0.15) is 37.7 Å². The highest BCUT2D eigenvalue weighted by Gasteiger charge is 2.12. The van der Waals surface area contributed by atoms with E-state index in [0.717, 1.165) is 12.6 Å². The predicted octanol–water partition coefficient (Wildman–Crippen LogP) is 3.93. The molecule has 3 heteroatoms. The van der Waals surface area contributed by atoms with Crippen molar-refractivity contribution in [2.75, 3.05) is 0 Å². The van der Waals surface area contributed by atoms with Crippen LogP contribution in [0.25, 0.3) is 0 Å². The molecule has 0 radical (unpaired) electrons. The minimum atomic E-state index is 0.766. The number of nitrogens with one attached hydrogen (secondary N) is 1. The molecule has 1 saturated carbocycles. The van der Waals surface area contributed by atoms with Gasteiger partial charge >= 0.3 is 0 Å². The van der Waals surface area contributed by atoms with Gasteiger partial charge in [-0.15, -0.1) is 11.3 Å². The van der Waals surface area contributed by atoms with Crippen molar-refractivity contribution in [2.45, 2.75) is 44.7 Å². The molecule has 0 saturated heterocycles. The molecule has 0 spiro atoms. The molecule has 0 unspecified atom stereocenters. The summed E-state index contributed by atoms with van der Waals surface area (Å²) in [6.07, 6.45) is 6.98. The Morgan fingerprint density at radius 1 is 1.36 bits per heavy atom. The lowest BCUT2D eigenvalue weighted by molar-refractivity contribution is 0.372. The lowest BCUT2D eigenvalue weighted by Crippen LogP contribution is -2.30. The molecule has 0 atom stereocenters. The van der Waals surface area contributed by atoms with E-state index in [-0.39, 0.29) is 0 Å². The first-order valence-corrected chi connectivity index (χ1v) is 6.98. The molecule has 0 aliphatic heterocycles. The smallest absolute Gasteiger partial charge is 0.0701 e. The van der Waals surface area contributed by atoms with Gasteiger partial charge in [0.2, 0.25) is 0 Å². The molecule has 1 aliphatic carbocycles.